The summed E-state index contributed by atoms with van der Waals surface area (Å²) in [5.74, 6) is 0.0334. The monoisotopic (exact) mass is 347 g/mol. The van der Waals surface area contributed by atoms with Crippen molar-refractivity contribution in [1.29, 1.82) is 0 Å². The molecule has 4 N–H and O–H groups in total. The molecule has 6 heteroatoms. The summed E-state index contributed by atoms with van der Waals surface area (Å²) in [5, 5.41) is 5.92. The normalized spacial score (nSPS) is 21.4. The number of nitrogens with one attached hydrogen (secondary N) is 2. The molecule has 0 aliphatic heterocycles. The lowest BCUT2D eigenvalue weighted by Gasteiger charge is -2.30. The molecule has 1 aromatic carbocycles. The Morgan fingerprint density at radius 1 is 1.08 bits per heavy atom. The van der Waals surface area contributed by atoms with Crippen LogP contribution in [-0.4, -0.2) is 30.1 Å². The van der Waals surface area contributed by atoms with Gasteiger partial charge < -0.3 is 21.1 Å². The molecule has 0 heterocycles. The molecule has 1 aliphatic rings. The fraction of sp³-hybridized carbons (Fsp3) is 0.579. The van der Waals surface area contributed by atoms with Crippen LogP contribution in [0.25, 0.3) is 0 Å². The molecule has 1 aliphatic carbocycles. The van der Waals surface area contributed by atoms with E-state index >= 15 is 0 Å². The number of carbonyl (C=O) groups is 2. The van der Waals surface area contributed by atoms with Crippen LogP contribution in [0.15, 0.2) is 30.3 Å². The first-order valence-electron chi connectivity index (χ1n) is 8.99. The van der Waals surface area contributed by atoms with Crippen molar-refractivity contribution in [2.75, 3.05) is 0 Å². The smallest absolute Gasteiger partial charge is 0.407 e. The zero-order valence-corrected chi connectivity index (χ0v) is 15.0. The maximum absolute atomic E-state index is 12.0. The Kier molecular flexibility index (Phi) is 7.25. The summed E-state index contributed by atoms with van der Waals surface area (Å²) in [6.07, 6.45) is 2.92. The number of benzene rings is 1. The highest BCUT2D eigenvalue weighted by atomic mass is 16.5. The van der Waals surface area contributed by atoms with Crippen LogP contribution in [0.4, 0.5) is 4.79 Å². The molecule has 1 fully saturated rings. The first-order chi connectivity index (χ1) is 12.0. The van der Waals surface area contributed by atoms with Gasteiger partial charge in [0.1, 0.15) is 6.61 Å². The van der Waals surface area contributed by atoms with E-state index in [4.69, 9.17) is 10.5 Å². The second-order valence-electron chi connectivity index (χ2n) is 7.03. The van der Waals surface area contributed by atoms with Gasteiger partial charge in [-0.2, -0.15) is 0 Å². The number of hydrogen-bond donors (Lipinski definition) is 3. The first-order valence-corrected chi connectivity index (χ1v) is 8.99. The third-order valence-corrected chi connectivity index (χ3v) is 4.63. The molecule has 1 aromatic rings. The van der Waals surface area contributed by atoms with E-state index in [1.165, 1.54) is 0 Å². The van der Waals surface area contributed by atoms with E-state index in [0.717, 1.165) is 31.2 Å². The zero-order chi connectivity index (χ0) is 18.2. The van der Waals surface area contributed by atoms with Gasteiger partial charge in [-0.15, -0.1) is 0 Å². The lowest BCUT2D eigenvalue weighted by molar-refractivity contribution is -0.124. The number of rotatable bonds is 6. The van der Waals surface area contributed by atoms with Crippen molar-refractivity contribution in [3.8, 4) is 0 Å². The van der Waals surface area contributed by atoms with Gasteiger partial charge in [0.2, 0.25) is 5.91 Å². The van der Waals surface area contributed by atoms with Gasteiger partial charge in [-0.1, -0.05) is 44.2 Å². The Bertz CT molecular complexity index is 554. The van der Waals surface area contributed by atoms with Crippen molar-refractivity contribution in [2.45, 2.75) is 64.3 Å². The summed E-state index contributed by atoms with van der Waals surface area (Å²) in [7, 11) is 0. The van der Waals surface area contributed by atoms with Crippen molar-refractivity contribution in [3.63, 3.8) is 0 Å². The predicted molar refractivity (Wildman–Crippen MR) is 96.8 cm³/mol. The summed E-state index contributed by atoms with van der Waals surface area (Å²) in [5.41, 5.74) is 6.83. The highest BCUT2D eigenvalue weighted by Gasteiger charge is 2.26. The third kappa shape index (κ3) is 6.38. The van der Waals surface area contributed by atoms with Gasteiger partial charge >= 0.3 is 6.09 Å². The van der Waals surface area contributed by atoms with Crippen LogP contribution in [0, 0.1) is 5.92 Å². The van der Waals surface area contributed by atoms with Gasteiger partial charge in [0.15, 0.2) is 0 Å². The Hall–Kier alpha value is -2.08. The fourth-order valence-electron chi connectivity index (χ4n) is 2.91. The quantitative estimate of drug-likeness (QED) is 0.736. The van der Waals surface area contributed by atoms with Gasteiger partial charge in [-0.05, 0) is 37.2 Å². The van der Waals surface area contributed by atoms with Gasteiger partial charge in [0.25, 0.3) is 0 Å². The average molecular weight is 347 g/mol. The van der Waals surface area contributed by atoms with Crippen LogP contribution in [0.1, 0.15) is 45.1 Å². The van der Waals surface area contributed by atoms with Crippen molar-refractivity contribution in [3.05, 3.63) is 35.9 Å². The molecule has 25 heavy (non-hydrogen) atoms. The van der Waals surface area contributed by atoms with Crippen LogP contribution < -0.4 is 16.4 Å². The minimum absolute atomic E-state index is 0.0892. The summed E-state index contributed by atoms with van der Waals surface area (Å²) in [4.78, 5) is 23.9. The molecule has 1 saturated carbocycles. The van der Waals surface area contributed by atoms with E-state index in [1.807, 2.05) is 44.2 Å². The lowest BCUT2D eigenvalue weighted by Crippen LogP contribution is -2.50. The van der Waals surface area contributed by atoms with E-state index in [-0.39, 0.29) is 30.5 Å². The minimum Gasteiger partial charge on any atom is -0.445 e. The van der Waals surface area contributed by atoms with Crippen LogP contribution in [0.5, 0.6) is 0 Å². The third-order valence-electron chi connectivity index (χ3n) is 4.63. The fourth-order valence-corrected chi connectivity index (χ4v) is 2.91. The van der Waals surface area contributed by atoms with Crippen LogP contribution in [-0.2, 0) is 16.1 Å². The predicted octanol–water partition coefficient (Wildman–Crippen LogP) is 2.32. The number of ether oxygens (including phenoxy) is 1. The highest BCUT2D eigenvalue weighted by Crippen LogP contribution is 2.19. The molecule has 0 bridgehead atoms. The highest BCUT2D eigenvalue weighted by molar-refractivity contribution is 5.82. The van der Waals surface area contributed by atoms with Crippen molar-refractivity contribution < 1.29 is 14.3 Å². The summed E-state index contributed by atoms with van der Waals surface area (Å²) in [6.45, 7) is 4.14. The van der Waals surface area contributed by atoms with Crippen LogP contribution in [0.3, 0.4) is 0 Å². The molecule has 0 radical (unpaired) electrons. The molecule has 2 amide bonds. The first kappa shape index (κ1) is 19.2. The van der Waals surface area contributed by atoms with E-state index in [1.54, 1.807) is 0 Å². The second kappa shape index (κ2) is 9.42. The molecule has 0 aromatic heterocycles. The SMILES string of the molecule is CC(C)C(N)C(=O)NC1CCC(NC(=O)OCc2ccccc2)CC1. The molecule has 0 saturated heterocycles. The summed E-state index contributed by atoms with van der Waals surface area (Å²) in [6, 6.07) is 9.35. The van der Waals surface area contributed by atoms with Gasteiger partial charge in [0.05, 0.1) is 6.04 Å². The molecular formula is C19H29N3O3. The van der Waals surface area contributed by atoms with E-state index in [9.17, 15) is 9.59 Å². The van der Waals surface area contributed by atoms with E-state index in [2.05, 4.69) is 10.6 Å². The van der Waals surface area contributed by atoms with Crippen molar-refractivity contribution in [1.82, 2.24) is 10.6 Å². The average Bonchev–Trinajstić information content (AvgIpc) is 2.61. The standard InChI is InChI=1S/C19H29N3O3/c1-13(2)17(20)18(23)21-15-8-10-16(11-9-15)22-19(24)25-12-14-6-4-3-5-7-14/h3-7,13,15-17H,8-12,20H2,1-2H3,(H,21,23)(H,22,24). The molecule has 6 nitrogen and oxygen atoms in total. The Balaban J connectivity index is 1.66. The van der Waals surface area contributed by atoms with Crippen LogP contribution in [0.2, 0.25) is 0 Å². The molecule has 1 unspecified atom stereocenters. The van der Waals surface area contributed by atoms with Gasteiger partial charge in [-0.3, -0.25) is 4.79 Å². The van der Waals surface area contributed by atoms with Gasteiger partial charge in [-0.25, -0.2) is 4.79 Å². The number of hydrogen-bond acceptors (Lipinski definition) is 4. The molecule has 1 atom stereocenters. The summed E-state index contributed by atoms with van der Waals surface area (Å²) >= 11 is 0. The minimum atomic E-state index is -0.469. The number of carbonyl (C=O) groups excluding carboxylic acids is 2. The molecular weight excluding hydrogens is 318 g/mol. The van der Waals surface area contributed by atoms with E-state index in [0.29, 0.717) is 0 Å². The van der Waals surface area contributed by atoms with Crippen LogP contribution >= 0.6 is 0 Å². The largest absolute Gasteiger partial charge is 0.445 e. The number of nitrogens with two attached hydrogens (primary N) is 1. The zero-order valence-electron chi connectivity index (χ0n) is 15.0. The molecule has 2 rings (SSSR count). The Morgan fingerprint density at radius 3 is 2.20 bits per heavy atom. The van der Waals surface area contributed by atoms with Crippen molar-refractivity contribution in [2.24, 2.45) is 11.7 Å². The number of alkyl carbamates (subject to hydrolysis) is 1. The maximum Gasteiger partial charge on any atom is 0.407 e. The number of amides is 2. The van der Waals surface area contributed by atoms with Gasteiger partial charge in [0, 0.05) is 12.1 Å². The summed E-state index contributed by atoms with van der Waals surface area (Å²) < 4.78 is 5.24. The van der Waals surface area contributed by atoms with E-state index < -0.39 is 12.1 Å². The lowest BCUT2D eigenvalue weighted by atomic mass is 9.91. The van der Waals surface area contributed by atoms with Crippen molar-refractivity contribution >= 4 is 12.0 Å². The maximum atomic E-state index is 12.0. The Labute approximate surface area is 149 Å². The topological polar surface area (TPSA) is 93.5 Å². The molecule has 138 valence electrons. The molecule has 0 spiro atoms. The Morgan fingerprint density at radius 2 is 1.64 bits per heavy atom. The second-order valence-corrected chi connectivity index (χ2v) is 7.03.